The van der Waals surface area contributed by atoms with Gasteiger partial charge >= 0.3 is 13.7 Å². The molecule has 1 aliphatic heterocycles. The number of nitrogens with two attached hydrogens (primary N) is 1. The van der Waals surface area contributed by atoms with Crippen LogP contribution in [0.3, 0.4) is 0 Å². The van der Waals surface area contributed by atoms with Gasteiger partial charge < -0.3 is 24.3 Å². The van der Waals surface area contributed by atoms with Crippen LogP contribution in [0.15, 0.2) is 48.9 Å². The van der Waals surface area contributed by atoms with Gasteiger partial charge in [-0.25, -0.2) is 14.5 Å². The highest BCUT2D eigenvalue weighted by atomic mass is 31.2. The molecule has 1 aliphatic rings. The predicted octanol–water partition coefficient (Wildman–Crippen LogP) is 4.46. The molecule has 3 aromatic rings. The second-order valence-corrected chi connectivity index (χ2v) is 11.2. The van der Waals surface area contributed by atoms with E-state index in [-0.39, 0.29) is 18.2 Å². The fourth-order valence-electron chi connectivity index (χ4n) is 4.30. The normalized spacial score (nSPS) is 23.0. The molecule has 0 saturated carbocycles. The molecule has 1 aromatic carbocycles. The second-order valence-electron chi connectivity index (χ2n) is 9.55. The quantitative estimate of drug-likeness (QED) is 0.285. The molecule has 2 aromatic heterocycles. The molecule has 200 valence electrons. The van der Waals surface area contributed by atoms with E-state index in [0.29, 0.717) is 23.6 Å². The molecule has 6 unspecified atom stereocenters. The SMILES string of the molecule is CC(C)OC(=O)C(C)NP(=O)(Oc1ccccc1)OC(C)C1CC(C)C(n2ccc3c(N)ncnc32)O1. The van der Waals surface area contributed by atoms with E-state index in [1.165, 1.54) is 6.33 Å². The van der Waals surface area contributed by atoms with Gasteiger partial charge in [-0.2, -0.15) is 5.09 Å². The third-order valence-electron chi connectivity index (χ3n) is 6.07. The largest absolute Gasteiger partial charge is 0.462 e. The first-order chi connectivity index (χ1) is 17.6. The van der Waals surface area contributed by atoms with Crippen molar-refractivity contribution >= 4 is 30.6 Å². The zero-order valence-corrected chi connectivity index (χ0v) is 22.5. The number of esters is 1. The molecule has 0 radical (unpaired) electrons. The van der Waals surface area contributed by atoms with Gasteiger partial charge in [0.25, 0.3) is 0 Å². The van der Waals surface area contributed by atoms with Crippen molar-refractivity contribution in [1.82, 2.24) is 19.6 Å². The van der Waals surface area contributed by atoms with Gasteiger partial charge in [-0.1, -0.05) is 25.1 Å². The summed E-state index contributed by atoms with van der Waals surface area (Å²) in [6, 6.07) is 9.57. The van der Waals surface area contributed by atoms with Gasteiger partial charge in [0, 0.05) is 12.1 Å². The molecule has 6 atom stereocenters. The molecule has 4 rings (SSSR count). The average molecular weight is 532 g/mol. The summed E-state index contributed by atoms with van der Waals surface area (Å²) in [5.41, 5.74) is 6.67. The van der Waals surface area contributed by atoms with Gasteiger partial charge in [-0.05, 0) is 52.3 Å². The van der Waals surface area contributed by atoms with Crippen LogP contribution in [-0.2, 0) is 23.4 Å². The number of hydrogen-bond donors (Lipinski definition) is 2. The molecule has 3 N–H and O–H groups in total. The number of hydrogen-bond acceptors (Lipinski definition) is 9. The number of anilines is 1. The fraction of sp³-hybridized carbons (Fsp3) is 0.480. The highest BCUT2D eigenvalue weighted by Gasteiger charge is 2.42. The van der Waals surface area contributed by atoms with Crippen molar-refractivity contribution in [2.24, 2.45) is 5.92 Å². The Labute approximate surface area is 216 Å². The lowest BCUT2D eigenvalue weighted by atomic mass is 10.0. The van der Waals surface area contributed by atoms with E-state index in [4.69, 9.17) is 24.3 Å². The van der Waals surface area contributed by atoms with Gasteiger partial charge in [0.05, 0.1) is 23.7 Å². The number of aromatic nitrogens is 3. The maximum Gasteiger partial charge on any atom is 0.459 e. The Balaban J connectivity index is 1.51. The fourth-order valence-corrected chi connectivity index (χ4v) is 6.01. The highest BCUT2D eigenvalue weighted by molar-refractivity contribution is 7.52. The lowest BCUT2D eigenvalue weighted by Crippen LogP contribution is -2.38. The first-order valence-electron chi connectivity index (χ1n) is 12.3. The van der Waals surface area contributed by atoms with Crippen LogP contribution in [0.2, 0.25) is 0 Å². The van der Waals surface area contributed by atoms with Crippen molar-refractivity contribution in [3.05, 3.63) is 48.9 Å². The van der Waals surface area contributed by atoms with E-state index < -0.39 is 32.0 Å². The minimum atomic E-state index is -4.02. The number of carbonyl (C=O) groups excluding carboxylic acids is 1. The number of nitrogens with zero attached hydrogens (tertiary/aromatic N) is 3. The average Bonchev–Trinajstić information content (AvgIpc) is 3.43. The summed E-state index contributed by atoms with van der Waals surface area (Å²) in [5, 5.41) is 3.48. The summed E-state index contributed by atoms with van der Waals surface area (Å²) < 4.78 is 39.2. The van der Waals surface area contributed by atoms with Crippen LogP contribution in [0.4, 0.5) is 5.82 Å². The third-order valence-corrected chi connectivity index (χ3v) is 7.84. The Morgan fingerprint density at radius 2 is 1.92 bits per heavy atom. The van der Waals surface area contributed by atoms with E-state index in [1.54, 1.807) is 52.0 Å². The predicted molar refractivity (Wildman–Crippen MR) is 139 cm³/mol. The standard InChI is InChI=1S/C25H34N5O6P/c1-15(2)33-25(31)17(4)29-37(32,36-19-9-7-6-8-10-19)35-18(5)21-13-16(3)24(34-21)30-12-11-20-22(26)27-14-28-23(20)30/h6-12,14-18,21,24H,13H2,1-5H3,(H,29,32)(H2,26,27,28). The van der Waals surface area contributed by atoms with Crippen molar-refractivity contribution in [1.29, 1.82) is 0 Å². The topological polar surface area (TPSA) is 140 Å². The van der Waals surface area contributed by atoms with Crippen LogP contribution in [0, 0.1) is 5.92 Å². The Hall–Kier alpha value is -2.98. The van der Waals surface area contributed by atoms with Crippen LogP contribution in [0.1, 0.15) is 47.3 Å². The number of nitrogens with one attached hydrogen (secondary N) is 1. The molecule has 1 saturated heterocycles. The van der Waals surface area contributed by atoms with Crippen LogP contribution in [-0.4, -0.2) is 44.9 Å². The molecular weight excluding hydrogens is 497 g/mol. The first kappa shape index (κ1) is 27.1. The van der Waals surface area contributed by atoms with E-state index >= 15 is 0 Å². The number of rotatable bonds is 10. The lowest BCUT2D eigenvalue weighted by Gasteiger charge is -2.28. The van der Waals surface area contributed by atoms with Crippen LogP contribution in [0.5, 0.6) is 5.75 Å². The van der Waals surface area contributed by atoms with E-state index in [2.05, 4.69) is 22.0 Å². The third kappa shape index (κ3) is 6.30. The number of para-hydroxylation sites is 1. The summed E-state index contributed by atoms with van der Waals surface area (Å²) in [6.07, 6.45) is 2.26. The van der Waals surface area contributed by atoms with Gasteiger partial charge in [-0.3, -0.25) is 9.32 Å². The van der Waals surface area contributed by atoms with Crippen molar-refractivity contribution in [3.63, 3.8) is 0 Å². The first-order valence-corrected chi connectivity index (χ1v) is 13.8. The number of carbonyl (C=O) groups is 1. The van der Waals surface area contributed by atoms with E-state index in [0.717, 1.165) is 5.39 Å². The van der Waals surface area contributed by atoms with Crippen molar-refractivity contribution < 1.29 is 27.9 Å². The van der Waals surface area contributed by atoms with Crippen LogP contribution < -0.4 is 15.3 Å². The summed E-state index contributed by atoms with van der Waals surface area (Å²) in [4.78, 5) is 20.8. The molecule has 11 nitrogen and oxygen atoms in total. The number of ether oxygens (including phenoxy) is 2. The molecule has 3 heterocycles. The van der Waals surface area contributed by atoms with Gasteiger partial charge in [0.15, 0.2) is 0 Å². The zero-order valence-electron chi connectivity index (χ0n) is 21.6. The lowest BCUT2D eigenvalue weighted by molar-refractivity contribution is -0.149. The maximum absolute atomic E-state index is 13.9. The van der Waals surface area contributed by atoms with Gasteiger partial charge in [0.2, 0.25) is 0 Å². The minimum Gasteiger partial charge on any atom is -0.462 e. The maximum atomic E-state index is 13.9. The number of fused-ring (bicyclic) bond motifs is 1. The monoisotopic (exact) mass is 531 g/mol. The smallest absolute Gasteiger partial charge is 0.459 e. The Morgan fingerprint density at radius 3 is 2.62 bits per heavy atom. The molecule has 0 aliphatic carbocycles. The Bertz CT molecular complexity index is 1270. The van der Waals surface area contributed by atoms with Crippen molar-refractivity contribution in [3.8, 4) is 5.75 Å². The molecule has 0 spiro atoms. The zero-order chi connectivity index (χ0) is 26.7. The van der Waals surface area contributed by atoms with Gasteiger partial charge in [0.1, 0.15) is 35.8 Å². The number of nitrogen functional groups attached to an aromatic ring is 1. The van der Waals surface area contributed by atoms with E-state index in [9.17, 15) is 9.36 Å². The molecule has 1 fully saturated rings. The van der Waals surface area contributed by atoms with Crippen LogP contribution >= 0.6 is 7.75 Å². The second kappa shape index (κ2) is 11.2. The summed E-state index contributed by atoms with van der Waals surface area (Å²) >= 11 is 0. The van der Waals surface area contributed by atoms with Gasteiger partial charge in [-0.15, -0.1) is 0 Å². The van der Waals surface area contributed by atoms with Crippen molar-refractivity contribution in [2.45, 2.75) is 71.6 Å². The van der Waals surface area contributed by atoms with Crippen LogP contribution in [0.25, 0.3) is 11.0 Å². The summed E-state index contributed by atoms with van der Waals surface area (Å²) in [6.45, 7) is 8.87. The molecular formula is C25H34N5O6P. The summed E-state index contributed by atoms with van der Waals surface area (Å²) in [5.74, 6) is 0.280. The van der Waals surface area contributed by atoms with Crippen molar-refractivity contribution in [2.75, 3.05) is 5.73 Å². The minimum absolute atomic E-state index is 0.102. The Morgan fingerprint density at radius 1 is 1.19 bits per heavy atom. The molecule has 12 heteroatoms. The van der Waals surface area contributed by atoms with E-state index in [1.807, 2.05) is 22.9 Å². The molecule has 0 amide bonds. The molecule has 37 heavy (non-hydrogen) atoms. The number of benzene rings is 1. The molecule has 0 bridgehead atoms. The highest BCUT2D eigenvalue weighted by Crippen LogP contribution is 2.48. The Kier molecular flexibility index (Phi) is 8.18. The summed E-state index contributed by atoms with van der Waals surface area (Å²) in [7, 11) is -4.02.